The Morgan fingerprint density at radius 3 is 3.00 bits per heavy atom. The van der Waals surface area contributed by atoms with E-state index in [0.717, 1.165) is 0 Å². The van der Waals surface area contributed by atoms with Crippen molar-refractivity contribution in [2.75, 3.05) is 0 Å². The normalized spacial score (nSPS) is 28.3. The minimum atomic E-state index is -1.36. The predicted molar refractivity (Wildman–Crippen MR) is 38.8 cm³/mol. The average molecular weight is 153 g/mol. The van der Waals surface area contributed by atoms with Gasteiger partial charge in [-0.1, -0.05) is 0 Å². The molecule has 0 aliphatic carbocycles. The molecule has 11 heavy (non-hydrogen) atoms. The number of fused-ring (bicyclic) bond motifs is 1. The maximum absolute atomic E-state index is 9.07. The lowest BCUT2D eigenvalue weighted by atomic mass is 10.3. The Balaban J connectivity index is 2.43. The Labute approximate surface area is 65.6 Å². The van der Waals surface area contributed by atoms with Gasteiger partial charge in [-0.2, -0.15) is 0 Å². The number of benzene rings is 1. The van der Waals surface area contributed by atoms with E-state index in [9.17, 15) is 0 Å². The second-order valence-corrected chi connectivity index (χ2v) is 2.33. The van der Waals surface area contributed by atoms with E-state index in [1.807, 2.05) is 0 Å². The van der Waals surface area contributed by atoms with Crippen molar-refractivity contribution in [3.8, 4) is 17.2 Å². The van der Waals surface area contributed by atoms with Crippen LogP contribution in [-0.4, -0.2) is 11.4 Å². The van der Waals surface area contributed by atoms with Crippen LogP contribution in [0.2, 0.25) is 0 Å². The Bertz CT molecular complexity index is 322. The minimum absolute atomic E-state index is 0.107. The molecule has 3 heteroatoms. The molecule has 0 bridgehead atoms. The molecule has 0 saturated carbocycles. The molecular formula is C8H8O3. The number of ether oxygens (including phenoxy) is 2. The summed E-state index contributed by atoms with van der Waals surface area (Å²) in [6.45, 7) is 1.49. The largest absolute Gasteiger partial charge is 0.508 e. The third-order valence-corrected chi connectivity index (χ3v) is 1.43. The summed E-state index contributed by atoms with van der Waals surface area (Å²) in [5.41, 5.74) is 0. The summed E-state index contributed by atoms with van der Waals surface area (Å²) >= 11 is 0. The van der Waals surface area contributed by atoms with Crippen molar-refractivity contribution in [3.05, 3.63) is 18.2 Å². The van der Waals surface area contributed by atoms with Gasteiger partial charge in [0.2, 0.25) is 6.27 Å². The molecule has 2 rings (SSSR count). The van der Waals surface area contributed by atoms with E-state index in [4.69, 9.17) is 16.0 Å². The number of aromatic hydroxyl groups is 1. The van der Waals surface area contributed by atoms with Crippen molar-refractivity contribution in [1.82, 2.24) is 0 Å². The number of hydrogen-bond donors (Lipinski definition) is 1. The van der Waals surface area contributed by atoms with Gasteiger partial charge in [0.25, 0.3) is 0 Å². The lowest BCUT2D eigenvalue weighted by Gasteiger charge is -1.99. The van der Waals surface area contributed by atoms with E-state index >= 15 is 0 Å². The molecule has 1 aliphatic rings. The maximum atomic E-state index is 9.07. The predicted octanol–water partition coefficient (Wildman–Crippen LogP) is 1.51. The van der Waals surface area contributed by atoms with Gasteiger partial charge in [-0.25, -0.2) is 0 Å². The van der Waals surface area contributed by atoms with Crippen LogP contribution >= 0.6 is 0 Å². The van der Waals surface area contributed by atoms with Crippen LogP contribution in [0.1, 0.15) is 8.29 Å². The quantitative estimate of drug-likeness (QED) is 0.614. The standard InChI is InChI=1S/C8H8O3/c1-5-10-7-3-2-6(9)4-8(7)11-5/h2-5,9H,1H3/i5D. The highest BCUT2D eigenvalue weighted by Gasteiger charge is 2.19. The van der Waals surface area contributed by atoms with Crippen molar-refractivity contribution in [2.24, 2.45) is 0 Å². The van der Waals surface area contributed by atoms with Crippen molar-refractivity contribution < 1.29 is 16.0 Å². The molecule has 1 heterocycles. The minimum Gasteiger partial charge on any atom is -0.508 e. The highest BCUT2D eigenvalue weighted by molar-refractivity contribution is 5.46. The first kappa shape index (κ1) is 5.29. The molecule has 0 saturated heterocycles. The molecule has 58 valence electrons. The maximum Gasteiger partial charge on any atom is 0.238 e. The number of phenols is 1. The molecule has 3 nitrogen and oxygen atoms in total. The Kier molecular flexibility index (Phi) is 0.987. The van der Waals surface area contributed by atoms with Gasteiger partial charge in [0.05, 0.1) is 0 Å². The molecule has 0 fully saturated rings. The first-order chi connectivity index (χ1) is 5.57. The van der Waals surface area contributed by atoms with Crippen LogP contribution in [-0.2, 0) is 0 Å². The fourth-order valence-corrected chi connectivity index (χ4v) is 0.991. The van der Waals surface area contributed by atoms with Crippen LogP contribution in [0.15, 0.2) is 18.2 Å². The van der Waals surface area contributed by atoms with Gasteiger partial charge in [-0.3, -0.25) is 0 Å². The Morgan fingerprint density at radius 1 is 1.45 bits per heavy atom. The van der Waals surface area contributed by atoms with Gasteiger partial charge < -0.3 is 14.6 Å². The lowest BCUT2D eigenvalue weighted by molar-refractivity contribution is 0.0678. The van der Waals surface area contributed by atoms with Crippen molar-refractivity contribution >= 4 is 0 Å². The molecule has 1 aliphatic heterocycles. The lowest BCUT2D eigenvalue weighted by Crippen LogP contribution is -2.11. The summed E-state index contributed by atoms with van der Waals surface area (Å²) < 4.78 is 17.6. The van der Waals surface area contributed by atoms with E-state index < -0.39 is 6.27 Å². The van der Waals surface area contributed by atoms with Gasteiger partial charge in [0, 0.05) is 13.0 Å². The molecule has 1 N–H and O–H groups in total. The van der Waals surface area contributed by atoms with Gasteiger partial charge in [-0.15, -0.1) is 0 Å². The summed E-state index contributed by atoms with van der Waals surface area (Å²) in [5.74, 6) is 1.01. The highest BCUT2D eigenvalue weighted by atomic mass is 16.7. The summed E-state index contributed by atoms with van der Waals surface area (Å²) in [6, 6.07) is 4.49. The van der Waals surface area contributed by atoms with E-state index in [-0.39, 0.29) is 5.75 Å². The monoisotopic (exact) mass is 153 g/mol. The van der Waals surface area contributed by atoms with E-state index in [1.165, 1.54) is 19.1 Å². The number of phenolic OH excluding ortho intramolecular Hbond substituents is 1. The van der Waals surface area contributed by atoms with Crippen LogP contribution in [0.5, 0.6) is 17.2 Å². The van der Waals surface area contributed by atoms with Gasteiger partial charge in [-0.05, 0) is 12.1 Å². The van der Waals surface area contributed by atoms with E-state index in [0.29, 0.717) is 11.5 Å². The first-order valence-electron chi connectivity index (χ1n) is 3.78. The van der Waals surface area contributed by atoms with Crippen molar-refractivity contribution in [3.63, 3.8) is 0 Å². The zero-order chi connectivity index (χ0) is 8.77. The molecule has 1 aromatic rings. The van der Waals surface area contributed by atoms with Crippen molar-refractivity contribution in [1.29, 1.82) is 0 Å². The van der Waals surface area contributed by atoms with Crippen LogP contribution in [0.4, 0.5) is 0 Å². The average Bonchev–Trinajstić information content (AvgIpc) is 2.21. The molecule has 1 atom stereocenters. The molecule has 0 aromatic heterocycles. The Hall–Kier alpha value is -1.38. The topological polar surface area (TPSA) is 38.7 Å². The molecule has 0 spiro atoms. The second-order valence-electron chi connectivity index (χ2n) is 2.33. The van der Waals surface area contributed by atoms with E-state index in [1.54, 1.807) is 6.07 Å². The van der Waals surface area contributed by atoms with E-state index in [2.05, 4.69) is 0 Å². The van der Waals surface area contributed by atoms with Gasteiger partial charge in [0.15, 0.2) is 11.5 Å². The van der Waals surface area contributed by atoms with Gasteiger partial charge >= 0.3 is 0 Å². The van der Waals surface area contributed by atoms with Gasteiger partial charge in [0.1, 0.15) is 7.12 Å². The number of rotatable bonds is 0. The van der Waals surface area contributed by atoms with Crippen LogP contribution in [0, 0.1) is 0 Å². The highest BCUT2D eigenvalue weighted by Crippen LogP contribution is 2.36. The third-order valence-electron chi connectivity index (χ3n) is 1.43. The fraction of sp³-hybridized carbons (Fsp3) is 0.250. The second kappa shape index (κ2) is 2.05. The summed E-state index contributed by atoms with van der Waals surface area (Å²) in [7, 11) is 0. The summed E-state index contributed by atoms with van der Waals surface area (Å²) in [6.07, 6.45) is -1.36. The zero-order valence-electron chi connectivity index (χ0n) is 7.00. The Morgan fingerprint density at radius 2 is 2.18 bits per heavy atom. The molecular weight excluding hydrogens is 144 g/mol. The van der Waals surface area contributed by atoms with Crippen molar-refractivity contribution in [2.45, 2.75) is 13.2 Å². The third kappa shape index (κ3) is 0.981. The first-order valence-corrected chi connectivity index (χ1v) is 3.28. The zero-order valence-corrected chi connectivity index (χ0v) is 6.00. The molecule has 1 aromatic carbocycles. The molecule has 1 unspecified atom stereocenters. The molecule has 0 radical (unpaired) electrons. The summed E-state index contributed by atoms with van der Waals surface area (Å²) in [5, 5.41) is 9.07. The smallest absolute Gasteiger partial charge is 0.238 e. The summed E-state index contributed by atoms with van der Waals surface area (Å²) in [4.78, 5) is 0. The number of hydrogen-bond acceptors (Lipinski definition) is 3. The SMILES string of the molecule is [2H]C1(C)Oc2ccc(O)cc2O1. The van der Waals surface area contributed by atoms with Crippen LogP contribution in [0.3, 0.4) is 0 Å². The fourth-order valence-electron chi connectivity index (χ4n) is 0.991. The van der Waals surface area contributed by atoms with Crippen LogP contribution < -0.4 is 9.47 Å². The van der Waals surface area contributed by atoms with Crippen LogP contribution in [0.25, 0.3) is 0 Å². The molecule has 0 amide bonds.